The van der Waals surface area contributed by atoms with Gasteiger partial charge in [-0.2, -0.15) is 0 Å². The third-order valence-corrected chi connectivity index (χ3v) is 3.61. The van der Waals surface area contributed by atoms with Crippen molar-refractivity contribution in [3.05, 3.63) is 34.9 Å². The fraction of sp³-hybridized carbons (Fsp3) is 0.385. The van der Waals surface area contributed by atoms with Crippen molar-refractivity contribution in [3.8, 4) is 0 Å². The minimum absolute atomic E-state index is 1.08. The van der Waals surface area contributed by atoms with Gasteiger partial charge in [0.1, 0.15) is 0 Å². The Balaban J connectivity index is 2.29. The number of rotatable bonds is 0. The first-order valence-corrected chi connectivity index (χ1v) is 5.38. The zero-order chi connectivity index (χ0) is 9.71. The Bertz CT molecular complexity index is 429. The minimum atomic E-state index is 1.08. The first kappa shape index (κ1) is 8.10. The van der Waals surface area contributed by atoms with E-state index in [2.05, 4.69) is 12.6 Å². The van der Waals surface area contributed by atoms with E-state index in [1.165, 1.54) is 47.1 Å². The molecule has 0 spiro atoms. The number of nitrogen functional groups attached to an aromatic ring is 1. The van der Waals surface area contributed by atoms with E-state index in [1.54, 1.807) is 0 Å². The zero-order valence-corrected chi connectivity index (χ0v) is 8.40. The van der Waals surface area contributed by atoms with E-state index in [0.29, 0.717) is 0 Å². The largest absolute Gasteiger partial charge is 0.398 e. The molecule has 0 heterocycles. The van der Waals surface area contributed by atoms with Gasteiger partial charge >= 0.3 is 0 Å². The van der Waals surface area contributed by atoms with Crippen molar-refractivity contribution in [3.63, 3.8) is 0 Å². The fourth-order valence-electron chi connectivity index (χ4n) is 2.82. The molecule has 3 rings (SSSR count). The van der Waals surface area contributed by atoms with Crippen molar-refractivity contribution in [2.45, 2.75) is 32.1 Å². The van der Waals surface area contributed by atoms with Gasteiger partial charge in [0.25, 0.3) is 0 Å². The minimum Gasteiger partial charge on any atom is -0.398 e. The number of hydrogen-bond acceptors (Lipinski definition) is 1. The van der Waals surface area contributed by atoms with Gasteiger partial charge < -0.3 is 5.73 Å². The summed E-state index contributed by atoms with van der Waals surface area (Å²) in [4.78, 5) is 0. The van der Waals surface area contributed by atoms with Crippen LogP contribution in [0.5, 0.6) is 0 Å². The third-order valence-electron chi connectivity index (χ3n) is 3.61. The van der Waals surface area contributed by atoms with Gasteiger partial charge in [0.15, 0.2) is 0 Å². The lowest BCUT2D eigenvalue weighted by Crippen LogP contribution is -1.99. The van der Waals surface area contributed by atoms with E-state index in [9.17, 15) is 0 Å². The molecule has 2 aliphatic rings. The van der Waals surface area contributed by atoms with Crippen LogP contribution in [0.25, 0.3) is 5.57 Å². The Morgan fingerprint density at radius 3 is 2.79 bits per heavy atom. The van der Waals surface area contributed by atoms with Crippen molar-refractivity contribution in [2.24, 2.45) is 0 Å². The number of aryl methyl sites for hydroxylation is 1. The van der Waals surface area contributed by atoms with E-state index in [4.69, 9.17) is 5.73 Å². The number of allylic oxidation sites excluding steroid dienone is 1. The third kappa shape index (κ3) is 0.899. The number of hydrogen-bond donors (Lipinski definition) is 1. The molecular formula is C13H15N. The molecule has 0 saturated carbocycles. The molecule has 1 nitrogen and oxygen atoms in total. The summed E-state index contributed by atoms with van der Waals surface area (Å²) in [6.45, 7) is 4.11. The first-order chi connectivity index (χ1) is 6.77. The predicted molar refractivity (Wildman–Crippen MR) is 60.2 cm³/mol. The Kier molecular flexibility index (Phi) is 1.52. The second-order valence-electron chi connectivity index (χ2n) is 4.41. The van der Waals surface area contributed by atoms with Crippen LogP contribution >= 0.6 is 0 Å². The van der Waals surface area contributed by atoms with Crippen molar-refractivity contribution in [1.82, 2.24) is 0 Å². The predicted octanol–water partition coefficient (Wildman–Crippen LogP) is 2.72. The molecule has 0 fully saturated rings. The summed E-state index contributed by atoms with van der Waals surface area (Å²) in [5, 5.41) is 0. The normalized spacial score (nSPS) is 18.4. The Labute approximate surface area is 84.6 Å². The number of benzene rings is 1. The van der Waals surface area contributed by atoms with E-state index < -0.39 is 0 Å². The highest BCUT2D eigenvalue weighted by Gasteiger charge is 2.23. The van der Waals surface area contributed by atoms with Crippen molar-refractivity contribution < 1.29 is 0 Å². The summed E-state index contributed by atoms with van der Waals surface area (Å²) in [5.41, 5.74) is 14.2. The monoisotopic (exact) mass is 185 g/mol. The maximum absolute atomic E-state index is 6.21. The number of fused-ring (bicyclic) bond motifs is 2. The van der Waals surface area contributed by atoms with Crippen LogP contribution < -0.4 is 5.73 Å². The maximum atomic E-state index is 6.21. The Morgan fingerprint density at radius 2 is 1.93 bits per heavy atom. The van der Waals surface area contributed by atoms with Crippen molar-refractivity contribution in [2.75, 3.05) is 5.73 Å². The Hall–Kier alpha value is -1.24. The van der Waals surface area contributed by atoms with Crippen molar-refractivity contribution in [1.29, 1.82) is 0 Å². The molecule has 0 atom stereocenters. The highest BCUT2D eigenvalue weighted by molar-refractivity contribution is 5.78. The standard InChI is InChI=1S/C13H15N/c1-8-5-6-11-12(8)7-9-3-2-4-10(9)13(11)14/h7H,1-6,14H2. The molecule has 1 aromatic carbocycles. The average Bonchev–Trinajstić information content (AvgIpc) is 2.75. The second kappa shape index (κ2) is 2.63. The highest BCUT2D eigenvalue weighted by Crippen LogP contribution is 2.40. The van der Waals surface area contributed by atoms with Gasteiger partial charge in [-0.1, -0.05) is 12.6 Å². The van der Waals surface area contributed by atoms with Crippen LogP contribution in [-0.2, 0) is 19.3 Å². The van der Waals surface area contributed by atoms with E-state index in [0.717, 1.165) is 18.5 Å². The summed E-state index contributed by atoms with van der Waals surface area (Å²) in [5.74, 6) is 0. The van der Waals surface area contributed by atoms with Crippen LogP contribution in [0.4, 0.5) is 5.69 Å². The van der Waals surface area contributed by atoms with E-state index in [1.807, 2.05) is 0 Å². The van der Waals surface area contributed by atoms with Crippen LogP contribution in [-0.4, -0.2) is 0 Å². The summed E-state index contributed by atoms with van der Waals surface area (Å²) >= 11 is 0. The van der Waals surface area contributed by atoms with Crippen LogP contribution in [0, 0.1) is 0 Å². The molecule has 72 valence electrons. The zero-order valence-electron chi connectivity index (χ0n) is 8.40. The van der Waals surface area contributed by atoms with Gasteiger partial charge in [-0.15, -0.1) is 0 Å². The lowest BCUT2D eigenvalue weighted by atomic mass is 9.98. The van der Waals surface area contributed by atoms with Crippen LogP contribution in [0.1, 0.15) is 35.1 Å². The van der Waals surface area contributed by atoms with Crippen molar-refractivity contribution >= 4 is 11.3 Å². The SMILES string of the molecule is C=C1CCc2c1cc1c(c2N)CCC1. The quantitative estimate of drug-likeness (QED) is 0.618. The molecule has 0 aliphatic heterocycles. The summed E-state index contributed by atoms with van der Waals surface area (Å²) in [7, 11) is 0. The molecule has 0 amide bonds. The molecule has 2 aliphatic carbocycles. The molecule has 0 radical (unpaired) electrons. The van der Waals surface area contributed by atoms with Gasteiger partial charge in [0.2, 0.25) is 0 Å². The molecule has 0 bridgehead atoms. The van der Waals surface area contributed by atoms with Crippen LogP contribution in [0.15, 0.2) is 12.6 Å². The van der Waals surface area contributed by atoms with Gasteiger partial charge in [-0.3, -0.25) is 0 Å². The summed E-state index contributed by atoms with van der Waals surface area (Å²) in [6.07, 6.45) is 5.87. The van der Waals surface area contributed by atoms with Crippen LogP contribution in [0.3, 0.4) is 0 Å². The van der Waals surface area contributed by atoms with Gasteiger partial charge in [0.05, 0.1) is 0 Å². The van der Waals surface area contributed by atoms with E-state index >= 15 is 0 Å². The first-order valence-electron chi connectivity index (χ1n) is 5.38. The smallest absolute Gasteiger partial charge is 0.0388 e. The number of anilines is 1. The maximum Gasteiger partial charge on any atom is 0.0388 e. The molecule has 1 heteroatoms. The molecule has 14 heavy (non-hydrogen) atoms. The van der Waals surface area contributed by atoms with Crippen LogP contribution in [0.2, 0.25) is 0 Å². The lowest BCUT2D eigenvalue weighted by molar-refractivity contribution is 0.911. The molecule has 0 saturated heterocycles. The highest BCUT2D eigenvalue weighted by atomic mass is 14.6. The average molecular weight is 185 g/mol. The molecule has 1 aromatic rings. The lowest BCUT2D eigenvalue weighted by Gasteiger charge is -2.10. The van der Waals surface area contributed by atoms with Gasteiger partial charge in [-0.25, -0.2) is 0 Å². The van der Waals surface area contributed by atoms with E-state index in [-0.39, 0.29) is 0 Å². The molecule has 0 aromatic heterocycles. The summed E-state index contributed by atoms with van der Waals surface area (Å²) < 4.78 is 0. The second-order valence-corrected chi connectivity index (χ2v) is 4.41. The molecule has 2 N–H and O–H groups in total. The molecular weight excluding hydrogens is 170 g/mol. The summed E-state index contributed by atoms with van der Waals surface area (Å²) in [6, 6.07) is 2.34. The topological polar surface area (TPSA) is 26.0 Å². The number of nitrogens with two attached hydrogens (primary N) is 1. The van der Waals surface area contributed by atoms with Gasteiger partial charge in [0, 0.05) is 5.69 Å². The Morgan fingerprint density at radius 1 is 1.07 bits per heavy atom. The molecule has 0 unspecified atom stereocenters. The van der Waals surface area contributed by atoms with Gasteiger partial charge in [-0.05, 0) is 59.9 Å². The fourth-order valence-corrected chi connectivity index (χ4v) is 2.82.